The zero-order chi connectivity index (χ0) is 13.0. The molecule has 5 nitrogen and oxygen atoms in total. The topological polar surface area (TPSA) is 64.4 Å². The summed E-state index contributed by atoms with van der Waals surface area (Å²) in [6.45, 7) is 3.40. The standard InChI is InChI=1S/C12H14N2O3S/c1-2-3-14-8-13-5-9(14)6-17-10-4-11(12(15)16)18-7-10/h4-5,7-8H,2-3,6H2,1H3,(H,15,16). The van der Waals surface area contributed by atoms with Gasteiger partial charge in [0.1, 0.15) is 17.2 Å². The molecule has 2 aromatic heterocycles. The van der Waals surface area contributed by atoms with E-state index < -0.39 is 5.97 Å². The quantitative estimate of drug-likeness (QED) is 0.873. The fourth-order valence-corrected chi connectivity index (χ4v) is 2.24. The third kappa shape index (κ3) is 2.89. The summed E-state index contributed by atoms with van der Waals surface area (Å²) in [6, 6.07) is 1.54. The summed E-state index contributed by atoms with van der Waals surface area (Å²) in [5, 5.41) is 10.5. The Bertz CT molecular complexity index is 533. The van der Waals surface area contributed by atoms with Crippen molar-refractivity contribution in [3.05, 3.63) is 34.5 Å². The second-order valence-electron chi connectivity index (χ2n) is 3.82. The number of aryl methyl sites for hydroxylation is 1. The SMILES string of the molecule is CCCn1cncc1COc1csc(C(=O)O)c1. The number of thiophene rings is 1. The number of rotatable bonds is 6. The van der Waals surface area contributed by atoms with E-state index >= 15 is 0 Å². The Balaban J connectivity index is 1.97. The van der Waals surface area contributed by atoms with Gasteiger partial charge in [-0.05, 0) is 6.42 Å². The van der Waals surface area contributed by atoms with Gasteiger partial charge in [0.15, 0.2) is 0 Å². The van der Waals surface area contributed by atoms with Crippen LogP contribution in [0.4, 0.5) is 0 Å². The predicted octanol–water partition coefficient (Wildman–Crippen LogP) is 2.63. The van der Waals surface area contributed by atoms with Gasteiger partial charge in [0.2, 0.25) is 0 Å². The van der Waals surface area contributed by atoms with Crippen molar-refractivity contribution < 1.29 is 14.6 Å². The van der Waals surface area contributed by atoms with Crippen molar-refractivity contribution in [3.8, 4) is 5.75 Å². The van der Waals surface area contributed by atoms with E-state index in [1.54, 1.807) is 17.9 Å². The van der Waals surface area contributed by atoms with Crippen LogP contribution < -0.4 is 4.74 Å². The molecule has 96 valence electrons. The second-order valence-corrected chi connectivity index (χ2v) is 4.73. The number of ether oxygens (including phenoxy) is 1. The zero-order valence-corrected chi connectivity index (χ0v) is 10.8. The first-order chi connectivity index (χ1) is 8.70. The van der Waals surface area contributed by atoms with E-state index in [4.69, 9.17) is 9.84 Å². The Labute approximate surface area is 109 Å². The first-order valence-corrected chi connectivity index (χ1v) is 6.52. The molecule has 0 aliphatic carbocycles. The molecule has 0 aromatic carbocycles. The molecule has 0 atom stereocenters. The molecule has 18 heavy (non-hydrogen) atoms. The molecular weight excluding hydrogens is 252 g/mol. The molecule has 6 heteroatoms. The summed E-state index contributed by atoms with van der Waals surface area (Å²) in [7, 11) is 0. The maximum absolute atomic E-state index is 10.7. The third-order valence-electron chi connectivity index (χ3n) is 2.44. The molecule has 0 saturated heterocycles. The van der Waals surface area contributed by atoms with E-state index in [2.05, 4.69) is 11.9 Å². The Morgan fingerprint density at radius 1 is 1.61 bits per heavy atom. The largest absolute Gasteiger partial charge is 0.486 e. The summed E-state index contributed by atoms with van der Waals surface area (Å²) >= 11 is 1.16. The molecular formula is C12H14N2O3S. The van der Waals surface area contributed by atoms with Crippen LogP contribution in [0.5, 0.6) is 5.75 Å². The number of carbonyl (C=O) groups is 1. The Kier molecular flexibility index (Phi) is 3.99. The van der Waals surface area contributed by atoms with Crippen LogP contribution in [0.3, 0.4) is 0 Å². The number of imidazole rings is 1. The number of carboxylic acid groups (broad SMARTS) is 1. The predicted molar refractivity (Wildman–Crippen MR) is 68.1 cm³/mol. The van der Waals surface area contributed by atoms with Crippen molar-refractivity contribution in [2.24, 2.45) is 0 Å². The van der Waals surface area contributed by atoms with Gasteiger partial charge >= 0.3 is 5.97 Å². The highest BCUT2D eigenvalue weighted by molar-refractivity contribution is 7.12. The highest BCUT2D eigenvalue weighted by atomic mass is 32.1. The minimum Gasteiger partial charge on any atom is -0.486 e. The van der Waals surface area contributed by atoms with Gasteiger partial charge in [0.25, 0.3) is 0 Å². The number of hydrogen-bond acceptors (Lipinski definition) is 4. The molecule has 0 amide bonds. The van der Waals surface area contributed by atoms with Crippen LogP contribution in [-0.2, 0) is 13.2 Å². The molecule has 0 aliphatic rings. The Hall–Kier alpha value is -1.82. The second kappa shape index (κ2) is 5.68. The van der Waals surface area contributed by atoms with Crippen molar-refractivity contribution in [2.45, 2.75) is 26.5 Å². The first kappa shape index (κ1) is 12.6. The molecule has 0 spiro atoms. The lowest BCUT2D eigenvalue weighted by Crippen LogP contribution is -2.04. The van der Waals surface area contributed by atoms with Crippen molar-refractivity contribution >= 4 is 17.3 Å². The lowest BCUT2D eigenvalue weighted by Gasteiger charge is -2.07. The average Bonchev–Trinajstić information content (AvgIpc) is 2.95. The lowest BCUT2D eigenvalue weighted by atomic mass is 10.4. The van der Waals surface area contributed by atoms with Crippen LogP contribution in [0.25, 0.3) is 0 Å². The fourth-order valence-electron chi connectivity index (χ4n) is 1.57. The van der Waals surface area contributed by atoms with Gasteiger partial charge in [-0.3, -0.25) is 0 Å². The summed E-state index contributed by atoms with van der Waals surface area (Å²) in [5.74, 6) is -0.340. The molecule has 0 radical (unpaired) electrons. The lowest BCUT2D eigenvalue weighted by molar-refractivity contribution is 0.0702. The van der Waals surface area contributed by atoms with Crippen LogP contribution in [-0.4, -0.2) is 20.6 Å². The van der Waals surface area contributed by atoms with E-state index in [1.165, 1.54) is 6.07 Å². The summed E-state index contributed by atoms with van der Waals surface area (Å²) in [6.07, 6.45) is 4.57. The van der Waals surface area contributed by atoms with E-state index in [0.29, 0.717) is 12.4 Å². The summed E-state index contributed by atoms with van der Waals surface area (Å²) in [5.41, 5.74) is 0.986. The van der Waals surface area contributed by atoms with Gasteiger partial charge in [-0.25, -0.2) is 9.78 Å². The minimum absolute atomic E-state index is 0.284. The van der Waals surface area contributed by atoms with E-state index in [1.807, 2.05) is 4.57 Å². The van der Waals surface area contributed by atoms with Gasteiger partial charge in [-0.1, -0.05) is 6.92 Å². The monoisotopic (exact) mass is 266 g/mol. The van der Waals surface area contributed by atoms with Crippen molar-refractivity contribution in [1.29, 1.82) is 0 Å². The number of aromatic nitrogens is 2. The van der Waals surface area contributed by atoms with E-state index in [0.717, 1.165) is 30.0 Å². The highest BCUT2D eigenvalue weighted by Crippen LogP contribution is 2.22. The molecule has 2 rings (SSSR count). The molecule has 0 aliphatic heterocycles. The van der Waals surface area contributed by atoms with Crippen LogP contribution >= 0.6 is 11.3 Å². The van der Waals surface area contributed by atoms with Gasteiger partial charge in [0, 0.05) is 18.0 Å². The zero-order valence-electron chi connectivity index (χ0n) is 10.00. The first-order valence-electron chi connectivity index (χ1n) is 5.64. The molecule has 0 unspecified atom stereocenters. The molecule has 0 fully saturated rings. The van der Waals surface area contributed by atoms with Crippen molar-refractivity contribution in [2.75, 3.05) is 0 Å². The highest BCUT2D eigenvalue weighted by Gasteiger charge is 2.08. The van der Waals surface area contributed by atoms with Gasteiger partial charge < -0.3 is 14.4 Å². The van der Waals surface area contributed by atoms with Crippen LogP contribution in [0, 0.1) is 0 Å². The van der Waals surface area contributed by atoms with Crippen LogP contribution in [0.1, 0.15) is 28.7 Å². The molecule has 2 aromatic rings. The number of nitrogens with zero attached hydrogens (tertiary/aromatic N) is 2. The molecule has 1 N–H and O–H groups in total. The maximum Gasteiger partial charge on any atom is 0.346 e. The number of hydrogen-bond donors (Lipinski definition) is 1. The van der Waals surface area contributed by atoms with E-state index in [-0.39, 0.29) is 4.88 Å². The number of carboxylic acids is 1. The van der Waals surface area contributed by atoms with Crippen LogP contribution in [0.15, 0.2) is 24.0 Å². The summed E-state index contributed by atoms with van der Waals surface area (Å²) < 4.78 is 7.59. The smallest absolute Gasteiger partial charge is 0.346 e. The number of aromatic carboxylic acids is 1. The minimum atomic E-state index is -0.925. The van der Waals surface area contributed by atoms with Gasteiger partial charge in [0.05, 0.1) is 18.2 Å². The normalized spacial score (nSPS) is 10.5. The maximum atomic E-state index is 10.7. The van der Waals surface area contributed by atoms with Gasteiger partial charge in [-0.15, -0.1) is 11.3 Å². The third-order valence-corrected chi connectivity index (χ3v) is 3.33. The molecule has 2 heterocycles. The van der Waals surface area contributed by atoms with E-state index in [9.17, 15) is 4.79 Å². The molecule has 0 saturated carbocycles. The Morgan fingerprint density at radius 3 is 3.11 bits per heavy atom. The fraction of sp³-hybridized carbons (Fsp3) is 0.333. The van der Waals surface area contributed by atoms with Crippen LogP contribution in [0.2, 0.25) is 0 Å². The Morgan fingerprint density at radius 2 is 2.44 bits per heavy atom. The van der Waals surface area contributed by atoms with Crippen molar-refractivity contribution in [3.63, 3.8) is 0 Å². The average molecular weight is 266 g/mol. The van der Waals surface area contributed by atoms with Crippen molar-refractivity contribution in [1.82, 2.24) is 9.55 Å². The summed E-state index contributed by atoms with van der Waals surface area (Å²) in [4.78, 5) is 15.1. The van der Waals surface area contributed by atoms with Gasteiger partial charge in [-0.2, -0.15) is 0 Å². The molecule has 0 bridgehead atoms.